The van der Waals surface area contributed by atoms with Crippen molar-refractivity contribution in [2.75, 3.05) is 13.1 Å². The van der Waals surface area contributed by atoms with E-state index in [0.29, 0.717) is 13.0 Å². The van der Waals surface area contributed by atoms with Crippen LogP contribution in [0.4, 0.5) is 4.39 Å². The monoisotopic (exact) mass is 358 g/mol. The zero-order valence-electron chi connectivity index (χ0n) is 15.8. The summed E-state index contributed by atoms with van der Waals surface area (Å²) in [5.41, 5.74) is 4.52. The van der Waals surface area contributed by atoms with Gasteiger partial charge in [-0.2, -0.15) is 5.10 Å². The molecule has 1 N–H and O–H groups in total. The molecule has 140 valence electrons. The molecule has 1 fully saturated rings. The van der Waals surface area contributed by atoms with Gasteiger partial charge in [0, 0.05) is 49.9 Å². The molecular formula is C20H27FN4O. The van der Waals surface area contributed by atoms with Gasteiger partial charge in [-0.3, -0.25) is 9.48 Å². The highest BCUT2D eigenvalue weighted by Gasteiger charge is 2.29. The standard InChI is InChI=1S/C20H27FN4O/c1-4-25-15(3)19(14(2)23-25)12-22-18-11-20(26)24(13-18)10-9-16-5-7-17(21)8-6-16/h5-8,18,22H,4,9-13H2,1-3H3/t18-/m1/s1. The van der Waals surface area contributed by atoms with Crippen molar-refractivity contribution in [1.29, 1.82) is 0 Å². The fourth-order valence-electron chi connectivity index (χ4n) is 3.58. The first-order chi connectivity index (χ1) is 12.5. The van der Waals surface area contributed by atoms with Crippen LogP contribution in [0.3, 0.4) is 0 Å². The van der Waals surface area contributed by atoms with Crippen LogP contribution in [0, 0.1) is 19.7 Å². The summed E-state index contributed by atoms with van der Waals surface area (Å²) < 4.78 is 15.0. The molecule has 1 atom stereocenters. The Morgan fingerprint density at radius 3 is 2.65 bits per heavy atom. The highest BCUT2D eigenvalue weighted by atomic mass is 19.1. The second-order valence-electron chi connectivity index (χ2n) is 6.96. The Balaban J connectivity index is 1.51. The lowest BCUT2D eigenvalue weighted by Crippen LogP contribution is -2.33. The largest absolute Gasteiger partial charge is 0.341 e. The summed E-state index contributed by atoms with van der Waals surface area (Å²) >= 11 is 0. The number of halogens is 1. The molecule has 1 aliphatic heterocycles. The second kappa shape index (κ2) is 7.99. The number of amides is 1. The van der Waals surface area contributed by atoms with Gasteiger partial charge >= 0.3 is 0 Å². The molecule has 26 heavy (non-hydrogen) atoms. The molecule has 0 radical (unpaired) electrons. The maximum Gasteiger partial charge on any atom is 0.224 e. The number of aryl methyl sites for hydroxylation is 2. The van der Waals surface area contributed by atoms with Gasteiger partial charge in [-0.1, -0.05) is 12.1 Å². The average Bonchev–Trinajstić information content (AvgIpc) is 3.11. The maximum absolute atomic E-state index is 13.0. The first-order valence-electron chi connectivity index (χ1n) is 9.26. The summed E-state index contributed by atoms with van der Waals surface area (Å²) in [4.78, 5) is 14.2. The van der Waals surface area contributed by atoms with Gasteiger partial charge < -0.3 is 10.2 Å². The predicted octanol–water partition coefficient (Wildman–Crippen LogP) is 2.59. The number of benzene rings is 1. The molecule has 1 aromatic carbocycles. The first kappa shape index (κ1) is 18.6. The van der Waals surface area contributed by atoms with E-state index in [4.69, 9.17) is 0 Å². The third-order valence-electron chi connectivity index (χ3n) is 5.20. The topological polar surface area (TPSA) is 50.2 Å². The normalized spacial score (nSPS) is 17.3. The molecule has 1 amide bonds. The Kier molecular flexibility index (Phi) is 5.71. The van der Waals surface area contributed by atoms with Gasteiger partial charge in [-0.25, -0.2) is 4.39 Å². The van der Waals surface area contributed by atoms with Crippen molar-refractivity contribution in [2.24, 2.45) is 0 Å². The number of hydrogen-bond acceptors (Lipinski definition) is 3. The zero-order valence-corrected chi connectivity index (χ0v) is 15.8. The SMILES string of the molecule is CCn1nc(C)c(CN[C@@H]2CC(=O)N(CCc3ccc(F)cc3)C2)c1C. The van der Waals surface area contributed by atoms with E-state index in [1.807, 2.05) is 16.5 Å². The smallest absolute Gasteiger partial charge is 0.224 e. The van der Waals surface area contributed by atoms with E-state index < -0.39 is 0 Å². The van der Waals surface area contributed by atoms with E-state index in [2.05, 4.69) is 24.3 Å². The molecular weight excluding hydrogens is 331 g/mol. The van der Waals surface area contributed by atoms with Crippen molar-refractivity contribution >= 4 is 5.91 Å². The fraction of sp³-hybridized carbons (Fsp3) is 0.500. The summed E-state index contributed by atoms with van der Waals surface area (Å²) in [6.45, 7) is 9.22. The number of nitrogens with zero attached hydrogens (tertiary/aromatic N) is 3. The number of nitrogens with one attached hydrogen (secondary N) is 1. The minimum Gasteiger partial charge on any atom is -0.341 e. The van der Waals surface area contributed by atoms with Gasteiger partial charge in [0.2, 0.25) is 5.91 Å². The number of carbonyl (C=O) groups is 1. The van der Waals surface area contributed by atoms with Crippen molar-refractivity contribution < 1.29 is 9.18 Å². The summed E-state index contributed by atoms with van der Waals surface area (Å²) in [6.07, 6.45) is 1.28. The van der Waals surface area contributed by atoms with Gasteiger partial charge in [0.25, 0.3) is 0 Å². The molecule has 0 spiro atoms. The van der Waals surface area contributed by atoms with Crippen LogP contribution in [0.2, 0.25) is 0 Å². The van der Waals surface area contributed by atoms with Gasteiger partial charge in [-0.05, 0) is 44.9 Å². The van der Waals surface area contributed by atoms with Crippen molar-refractivity contribution in [2.45, 2.75) is 52.7 Å². The van der Waals surface area contributed by atoms with Crippen LogP contribution < -0.4 is 5.32 Å². The molecule has 3 rings (SSSR count). The van der Waals surface area contributed by atoms with Crippen LogP contribution in [-0.4, -0.2) is 39.7 Å². The Morgan fingerprint density at radius 2 is 2.00 bits per heavy atom. The van der Waals surface area contributed by atoms with E-state index >= 15 is 0 Å². The summed E-state index contributed by atoms with van der Waals surface area (Å²) in [7, 11) is 0. The minimum atomic E-state index is -0.229. The lowest BCUT2D eigenvalue weighted by Gasteiger charge is -2.17. The quantitative estimate of drug-likeness (QED) is 0.828. The van der Waals surface area contributed by atoms with Crippen LogP contribution in [0.25, 0.3) is 0 Å². The summed E-state index contributed by atoms with van der Waals surface area (Å²) in [6, 6.07) is 6.66. The Bertz CT molecular complexity index is 769. The predicted molar refractivity (Wildman–Crippen MR) is 99.3 cm³/mol. The summed E-state index contributed by atoms with van der Waals surface area (Å²) in [5.74, 6) is -0.0467. The van der Waals surface area contributed by atoms with Gasteiger partial charge in [0.05, 0.1) is 5.69 Å². The molecule has 2 aromatic rings. The third kappa shape index (κ3) is 4.12. The van der Waals surface area contributed by atoms with Gasteiger partial charge in [0.15, 0.2) is 0 Å². The Morgan fingerprint density at radius 1 is 1.27 bits per heavy atom. The molecule has 1 aromatic heterocycles. The number of likely N-dealkylation sites (tertiary alicyclic amines) is 1. The van der Waals surface area contributed by atoms with Crippen molar-refractivity contribution in [3.05, 3.63) is 52.6 Å². The minimum absolute atomic E-state index is 0.166. The van der Waals surface area contributed by atoms with E-state index in [1.54, 1.807) is 12.1 Å². The van der Waals surface area contributed by atoms with Crippen LogP contribution in [0.1, 0.15) is 35.9 Å². The number of aromatic nitrogens is 2. The Labute approximate surface area is 154 Å². The molecule has 0 saturated carbocycles. The zero-order chi connectivity index (χ0) is 18.7. The number of carbonyl (C=O) groups excluding carboxylic acids is 1. The maximum atomic E-state index is 13.0. The van der Waals surface area contributed by atoms with E-state index in [1.165, 1.54) is 23.4 Å². The van der Waals surface area contributed by atoms with Crippen LogP contribution in [-0.2, 0) is 24.3 Å². The third-order valence-corrected chi connectivity index (χ3v) is 5.20. The molecule has 1 aliphatic rings. The van der Waals surface area contributed by atoms with Gasteiger partial charge in [-0.15, -0.1) is 0 Å². The number of hydrogen-bond donors (Lipinski definition) is 1. The van der Waals surface area contributed by atoms with E-state index in [-0.39, 0.29) is 17.8 Å². The van der Waals surface area contributed by atoms with Crippen molar-refractivity contribution in [1.82, 2.24) is 20.0 Å². The van der Waals surface area contributed by atoms with Crippen LogP contribution in [0.5, 0.6) is 0 Å². The number of rotatable bonds is 7. The lowest BCUT2D eigenvalue weighted by atomic mass is 10.1. The summed E-state index contributed by atoms with van der Waals surface area (Å²) in [5, 5.41) is 8.06. The van der Waals surface area contributed by atoms with Crippen LogP contribution >= 0.6 is 0 Å². The molecule has 0 bridgehead atoms. The molecule has 2 heterocycles. The molecule has 0 aliphatic carbocycles. The van der Waals surface area contributed by atoms with Crippen molar-refractivity contribution in [3.8, 4) is 0 Å². The van der Waals surface area contributed by atoms with Crippen LogP contribution in [0.15, 0.2) is 24.3 Å². The molecule has 6 heteroatoms. The molecule has 5 nitrogen and oxygen atoms in total. The Hall–Kier alpha value is -2.21. The lowest BCUT2D eigenvalue weighted by molar-refractivity contribution is -0.127. The fourth-order valence-corrected chi connectivity index (χ4v) is 3.58. The van der Waals surface area contributed by atoms with E-state index in [9.17, 15) is 9.18 Å². The molecule has 0 unspecified atom stereocenters. The average molecular weight is 358 g/mol. The molecule has 1 saturated heterocycles. The first-order valence-corrected chi connectivity index (χ1v) is 9.26. The van der Waals surface area contributed by atoms with E-state index in [0.717, 1.165) is 37.3 Å². The van der Waals surface area contributed by atoms with Crippen molar-refractivity contribution in [3.63, 3.8) is 0 Å². The highest BCUT2D eigenvalue weighted by molar-refractivity contribution is 5.79. The second-order valence-corrected chi connectivity index (χ2v) is 6.96. The van der Waals surface area contributed by atoms with Gasteiger partial charge in [0.1, 0.15) is 5.82 Å². The highest BCUT2D eigenvalue weighted by Crippen LogP contribution is 2.16.